The van der Waals surface area contributed by atoms with Crippen molar-refractivity contribution in [3.8, 4) is 11.5 Å². The molecule has 0 saturated heterocycles. The number of pyridine rings is 1. The third-order valence-corrected chi connectivity index (χ3v) is 8.17. The molecule has 0 bridgehead atoms. The van der Waals surface area contributed by atoms with Crippen LogP contribution in [0.15, 0.2) is 63.9 Å². The van der Waals surface area contributed by atoms with Gasteiger partial charge in [-0.3, -0.25) is 9.29 Å². The molecule has 0 radical (unpaired) electrons. The van der Waals surface area contributed by atoms with Crippen LogP contribution in [0.2, 0.25) is 0 Å². The van der Waals surface area contributed by atoms with Crippen molar-refractivity contribution in [2.24, 2.45) is 0 Å². The normalized spacial score (nSPS) is 11.5. The molecule has 4 aromatic rings. The first-order chi connectivity index (χ1) is 20.2. The molecule has 15 heteroatoms. The molecule has 0 aliphatic heterocycles. The third kappa shape index (κ3) is 7.46. The third-order valence-electron chi connectivity index (χ3n) is 5.88. The maximum absolute atomic E-state index is 13.2. The number of urea groups is 1. The van der Waals surface area contributed by atoms with E-state index < -0.39 is 18.0 Å². The van der Waals surface area contributed by atoms with Gasteiger partial charge in [-0.25, -0.2) is 9.59 Å². The second-order valence-electron chi connectivity index (χ2n) is 8.68. The summed E-state index contributed by atoms with van der Waals surface area (Å²) in [6.45, 7) is 1.66. The molecule has 0 saturated carbocycles. The van der Waals surface area contributed by atoms with E-state index in [0.717, 1.165) is 15.7 Å². The Morgan fingerprint density at radius 1 is 1.14 bits per heavy atom. The van der Waals surface area contributed by atoms with E-state index in [9.17, 15) is 14.7 Å². The molecule has 0 aliphatic carbocycles. The lowest BCUT2D eigenvalue weighted by atomic mass is 10.1. The van der Waals surface area contributed by atoms with Crippen molar-refractivity contribution in [1.29, 1.82) is 0 Å². The smallest absolute Gasteiger partial charge is 0.339 e. The number of amides is 2. The summed E-state index contributed by atoms with van der Waals surface area (Å²) in [6, 6.07) is 11.0. The summed E-state index contributed by atoms with van der Waals surface area (Å²) in [5.74, 6) is 0.470. The van der Waals surface area contributed by atoms with Crippen molar-refractivity contribution in [3.05, 3.63) is 82.2 Å². The minimum atomic E-state index is -0.752. The number of hydrogen-bond acceptors (Lipinski definition) is 12. The van der Waals surface area contributed by atoms with Crippen molar-refractivity contribution in [1.82, 2.24) is 19.4 Å². The number of methoxy groups -OCH3 is 2. The van der Waals surface area contributed by atoms with E-state index in [-0.39, 0.29) is 34.5 Å². The Morgan fingerprint density at radius 3 is 2.43 bits per heavy atom. The van der Waals surface area contributed by atoms with Gasteiger partial charge in [0.2, 0.25) is 0 Å². The average molecular weight is 676 g/mol. The minimum absolute atomic E-state index is 0.134. The van der Waals surface area contributed by atoms with Crippen LogP contribution in [0.3, 0.4) is 0 Å². The maximum Gasteiger partial charge on any atom is 0.339 e. The van der Waals surface area contributed by atoms with E-state index in [1.54, 1.807) is 31.5 Å². The lowest BCUT2D eigenvalue weighted by Gasteiger charge is -2.24. The first-order valence-electron chi connectivity index (χ1n) is 12.3. The van der Waals surface area contributed by atoms with Gasteiger partial charge in [-0.05, 0) is 59.3 Å². The molecule has 2 aromatic carbocycles. The molecule has 0 fully saturated rings. The van der Waals surface area contributed by atoms with Crippen LogP contribution >= 0.6 is 40.5 Å². The number of phenolic OH excluding ortho intramolecular Hbond substituents is 1. The number of anilines is 3. The molecule has 0 aliphatic rings. The Balaban J connectivity index is 1.47. The quantitative estimate of drug-likeness (QED) is 0.107. The first-order valence-corrected chi connectivity index (χ1v) is 14.7. The Hall–Kier alpha value is -3.95. The molecular weight excluding hydrogens is 648 g/mol. The highest BCUT2D eigenvalue weighted by Gasteiger charge is 2.29. The van der Waals surface area contributed by atoms with Crippen LogP contribution in [-0.4, -0.2) is 56.5 Å². The standard InChI is InChI=1S/C27H27BrN6O6S2/c1-15-30-25(40-33-15)20(14-42-13-19-21(35)12-22(38-2)24(28)23(19)26(36)39-3)34(41)27(37)32-17-6-4-16(5-7-17)31-18-8-10-29-11-9-18/h4-12,20,35,41H,13-14H2,1-3H3,(H,29,31)(H,32,37). The van der Waals surface area contributed by atoms with Gasteiger partial charge in [-0.2, -0.15) is 16.7 Å². The number of nitrogens with zero attached hydrogens (tertiary/aromatic N) is 4. The Bertz CT molecular complexity index is 1540. The van der Waals surface area contributed by atoms with Gasteiger partial charge in [0.1, 0.15) is 17.5 Å². The van der Waals surface area contributed by atoms with Crippen LogP contribution in [-0.2, 0) is 10.5 Å². The molecule has 1 unspecified atom stereocenters. The lowest BCUT2D eigenvalue weighted by molar-refractivity contribution is 0.0597. The molecule has 2 amide bonds. The number of nitrogens with one attached hydrogen (secondary N) is 2. The highest BCUT2D eigenvalue weighted by Crippen LogP contribution is 2.40. The van der Waals surface area contributed by atoms with Crippen molar-refractivity contribution >= 4 is 69.6 Å². The fourth-order valence-electron chi connectivity index (χ4n) is 3.80. The summed E-state index contributed by atoms with van der Waals surface area (Å²) in [4.78, 5) is 34.0. The number of benzene rings is 2. The van der Waals surface area contributed by atoms with Crippen molar-refractivity contribution in [2.45, 2.75) is 18.7 Å². The zero-order valence-corrected chi connectivity index (χ0v) is 26.0. The number of phenols is 1. The molecule has 3 N–H and O–H groups in total. The largest absolute Gasteiger partial charge is 0.507 e. The summed E-state index contributed by atoms with van der Waals surface area (Å²) >= 11 is 9.14. The van der Waals surface area contributed by atoms with Crippen molar-refractivity contribution < 1.29 is 28.7 Å². The van der Waals surface area contributed by atoms with Crippen molar-refractivity contribution in [3.63, 3.8) is 0 Å². The summed E-state index contributed by atoms with van der Waals surface area (Å²) in [5.41, 5.74) is 2.72. The van der Waals surface area contributed by atoms with Gasteiger partial charge in [-0.1, -0.05) is 18.0 Å². The molecule has 12 nitrogen and oxygen atoms in total. The topological polar surface area (TPSA) is 152 Å². The number of esters is 1. The molecule has 4 rings (SSSR count). The minimum Gasteiger partial charge on any atom is -0.507 e. The van der Waals surface area contributed by atoms with Gasteiger partial charge in [0.15, 0.2) is 5.82 Å². The fraction of sp³-hybridized carbons (Fsp3) is 0.222. The molecule has 0 spiro atoms. The van der Waals surface area contributed by atoms with Crippen LogP contribution in [0, 0.1) is 6.92 Å². The average Bonchev–Trinajstić information content (AvgIpc) is 3.43. The maximum atomic E-state index is 13.2. The Kier molecular flexibility index (Phi) is 10.5. The molecule has 2 heterocycles. The van der Waals surface area contributed by atoms with Crippen LogP contribution in [0.1, 0.15) is 33.7 Å². The van der Waals surface area contributed by atoms with E-state index >= 15 is 0 Å². The molecule has 42 heavy (non-hydrogen) atoms. The first kappa shape index (κ1) is 31.0. The van der Waals surface area contributed by atoms with Gasteiger partial charge in [0.05, 0.1) is 24.3 Å². The van der Waals surface area contributed by atoms with Crippen LogP contribution < -0.4 is 15.4 Å². The highest BCUT2D eigenvalue weighted by molar-refractivity contribution is 9.10. The predicted molar refractivity (Wildman–Crippen MR) is 165 cm³/mol. The number of rotatable bonds is 11. The van der Waals surface area contributed by atoms with Gasteiger partial charge >= 0.3 is 12.0 Å². The number of aromatic hydroxyl groups is 1. The van der Waals surface area contributed by atoms with Gasteiger partial charge in [0, 0.05) is 52.6 Å². The number of thiol groups is 1. The number of aromatic nitrogens is 3. The highest BCUT2D eigenvalue weighted by atomic mass is 79.9. The summed E-state index contributed by atoms with van der Waals surface area (Å²) < 4.78 is 17.0. The number of aryl methyl sites for hydroxylation is 1. The van der Waals surface area contributed by atoms with Crippen molar-refractivity contribution in [2.75, 3.05) is 30.6 Å². The van der Waals surface area contributed by atoms with Gasteiger partial charge in [0.25, 0.3) is 5.89 Å². The summed E-state index contributed by atoms with van der Waals surface area (Å²) in [7, 11) is 2.67. The van der Waals surface area contributed by atoms with E-state index in [1.807, 2.05) is 24.3 Å². The van der Waals surface area contributed by atoms with Gasteiger partial charge in [-0.15, -0.1) is 0 Å². The van der Waals surface area contributed by atoms with Crippen LogP contribution in [0.4, 0.5) is 21.9 Å². The lowest BCUT2D eigenvalue weighted by Crippen LogP contribution is -2.32. The van der Waals surface area contributed by atoms with Crippen LogP contribution in [0.5, 0.6) is 11.5 Å². The number of ether oxygens (including phenoxy) is 2. The van der Waals surface area contributed by atoms with E-state index in [4.69, 9.17) is 14.0 Å². The van der Waals surface area contributed by atoms with E-state index in [1.165, 1.54) is 32.0 Å². The fourth-order valence-corrected chi connectivity index (χ4v) is 5.94. The Labute approximate surface area is 259 Å². The van der Waals surface area contributed by atoms with E-state index in [0.29, 0.717) is 21.5 Å². The summed E-state index contributed by atoms with van der Waals surface area (Å²) in [5, 5.41) is 20.6. The number of carbonyl (C=O) groups is 2. The summed E-state index contributed by atoms with van der Waals surface area (Å²) in [6.07, 6.45) is 3.38. The zero-order valence-electron chi connectivity index (χ0n) is 22.7. The molecular formula is C27H27BrN6O6S2. The van der Waals surface area contributed by atoms with Gasteiger partial charge < -0.3 is 29.7 Å². The monoisotopic (exact) mass is 674 g/mol. The van der Waals surface area contributed by atoms with Crippen LogP contribution in [0.25, 0.3) is 0 Å². The zero-order chi connectivity index (χ0) is 30.2. The second kappa shape index (κ2) is 14.3. The van der Waals surface area contributed by atoms with E-state index in [2.05, 4.69) is 54.5 Å². The second-order valence-corrected chi connectivity index (χ2v) is 10.9. The number of hydrogen-bond donors (Lipinski definition) is 4. The molecule has 220 valence electrons. The Morgan fingerprint density at radius 2 is 1.81 bits per heavy atom. The predicted octanol–water partition coefficient (Wildman–Crippen LogP) is 6.13. The molecule has 1 atom stereocenters. The number of halogens is 1. The number of carbonyl (C=O) groups excluding carboxylic acids is 2. The molecule has 2 aromatic heterocycles. The SMILES string of the molecule is COC(=O)c1c(Br)c(OC)cc(O)c1CSCC(c1nc(C)no1)N(S)C(=O)Nc1ccc(Nc2ccncc2)cc1. The number of thioether (sulfide) groups is 1.